The van der Waals surface area contributed by atoms with Crippen molar-refractivity contribution in [3.63, 3.8) is 0 Å². The topological polar surface area (TPSA) is 46.6 Å². The lowest BCUT2D eigenvalue weighted by molar-refractivity contribution is -0.138. The second-order valence-electron chi connectivity index (χ2n) is 5.53. The molecular formula is C18H14F3NO3. The van der Waals surface area contributed by atoms with E-state index in [9.17, 15) is 22.8 Å². The van der Waals surface area contributed by atoms with Crippen LogP contribution in [0.4, 0.5) is 13.2 Å². The van der Waals surface area contributed by atoms with Gasteiger partial charge in [-0.1, -0.05) is 30.3 Å². The van der Waals surface area contributed by atoms with Gasteiger partial charge in [0.1, 0.15) is 6.73 Å². The molecule has 0 aromatic heterocycles. The summed E-state index contributed by atoms with van der Waals surface area (Å²) in [5.74, 6) is -0.924. The Kier molecular flexibility index (Phi) is 4.59. The fourth-order valence-electron chi connectivity index (χ4n) is 2.71. The van der Waals surface area contributed by atoms with Gasteiger partial charge in [0.2, 0.25) is 0 Å². The average molecular weight is 349 g/mol. The minimum absolute atomic E-state index is 0.0266. The quantitative estimate of drug-likeness (QED) is 0.613. The van der Waals surface area contributed by atoms with E-state index in [0.717, 1.165) is 11.0 Å². The van der Waals surface area contributed by atoms with Gasteiger partial charge in [-0.15, -0.1) is 0 Å². The maximum absolute atomic E-state index is 12.9. The van der Waals surface area contributed by atoms with Gasteiger partial charge in [-0.3, -0.25) is 9.59 Å². The molecule has 0 bridgehead atoms. The second-order valence-corrected chi connectivity index (χ2v) is 5.53. The molecule has 0 unspecified atom stereocenters. The predicted octanol–water partition coefficient (Wildman–Crippen LogP) is 3.52. The standard InChI is InChI=1S/C18H14F3NO3/c19-18(20,21)15-8-4-1-5-12(15)9-10-25-11-22-16(23)13-6-2-3-7-14(13)17(22)24/h1-8H,9-11H2. The highest BCUT2D eigenvalue weighted by Crippen LogP contribution is 2.32. The highest BCUT2D eigenvalue weighted by molar-refractivity contribution is 6.21. The van der Waals surface area contributed by atoms with Gasteiger partial charge in [0.15, 0.2) is 0 Å². The van der Waals surface area contributed by atoms with Crippen LogP contribution < -0.4 is 0 Å². The molecule has 0 spiro atoms. The van der Waals surface area contributed by atoms with Gasteiger partial charge in [-0.25, -0.2) is 4.90 Å². The molecule has 3 rings (SSSR count). The molecule has 25 heavy (non-hydrogen) atoms. The first-order chi connectivity index (χ1) is 11.9. The summed E-state index contributed by atoms with van der Waals surface area (Å²) in [4.78, 5) is 25.2. The number of hydrogen-bond acceptors (Lipinski definition) is 3. The molecule has 130 valence electrons. The average Bonchev–Trinajstić information content (AvgIpc) is 2.83. The van der Waals surface area contributed by atoms with Gasteiger partial charge in [0.05, 0.1) is 23.3 Å². The third-order valence-corrected chi connectivity index (χ3v) is 3.94. The number of carbonyl (C=O) groups is 2. The number of imide groups is 1. The van der Waals surface area contributed by atoms with Crippen LogP contribution in [0.1, 0.15) is 31.8 Å². The zero-order valence-electron chi connectivity index (χ0n) is 13.0. The van der Waals surface area contributed by atoms with Crippen LogP contribution in [0.5, 0.6) is 0 Å². The zero-order valence-corrected chi connectivity index (χ0v) is 13.0. The molecule has 1 aliphatic rings. The molecule has 0 radical (unpaired) electrons. The summed E-state index contributed by atoms with van der Waals surface area (Å²) in [6.45, 7) is -0.332. The Morgan fingerprint density at radius 1 is 0.880 bits per heavy atom. The molecular weight excluding hydrogens is 335 g/mol. The summed E-state index contributed by atoms with van der Waals surface area (Å²) in [5.41, 5.74) is 0.00808. The van der Waals surface area contributed by atoms with Crippen molar-refractivity contribution in [2.24, 2.45) is 0 Å². The Bertz CT molecular complexity index is 782. The first kappa shape index (κ1) is 17.2. The monoisotopic (exact) mass is 349 g/mol. The molecule has 4 nitrogen and oxygen atoms in total. The summed E-state index contributed by atoms with van der Waals surface area (Å²) < 4.78 is 44.0. The fraction of sp³-hybridized carbons (Fsp3) is 0.222. The van der Waals surface area contributed by atoms with E-state index < -0.39 is 23.6 Å². The van der Waals surface area contributed by atoms with E-state index in [1.165, 1.54) is 18.2 Å². The number of ether oxygens (including phenoxy) is 1. The van der Waals surface area contributed by atoms with Crippen molar-refractivity contribution in [2.45, 2.75) is 12.6 Å². The largest absolute Gasteiger partial charge is 0.416 e. The number of carbonyl (C=O) groups excluding carboxylic acids is 2. The number of halogens is 3. The number of hydrogen-bond donors (Lipinski definition) is 0. The molecule has 1 heterocycles. The molecule has 0 aliphatic carbocycles. The maximum Gasteiger partial charge on any atom is 0.416 e. The molecule has 0 fully saturated rings. The highest BCUT2D eigenvalue weighted by Gasteiger charge is 2.35. The van der Waals surface area contributed by atoms with Crippen molar-refractivity contribution in [1.29, 1.82) is 0 Å². The maximum atomic E-state index is 12.9. The molecule has 2 aromatic rings. The van der Waals surface area contributed by atoms with Crippen LogP contribution in [-0.2, 0) is 17.3 Å². The number of benzene rings is 2. The first-order valence-corrected chi connectivity index (χ1v) is 7.57. The number of amides is 2. The van der Waals surface area contributed by atoms with Crippen molar-refractivity contribution < 1.29 is 27.5 Å². The van der Waals surface area contributed by atoms with Crippen LogP contribution in [-0.4, -0.2) is 30.1 Å². The van der Waals surface area contributed by atoms with Crippen molar-refractivity contribution in [1.82, 2.24) is 4.90 Å². The Labute approximate surface area is 141 Å². The van der Waals surface area contributed by atoms with Crippen molar-refractivity contribution in [3.05, 3.63) is 70.8 Å². The first-order valence-electron chi connectivity index (χ1n) is 7.57. The van der Waals surface area contributed by atoms with Gasteiger partial charge < -0.3 is 4.74 Å². The summed E-state index contributed by atoms with van der Waals surface area (Å²) in [5, 5.41) is 0. The van der Waals surface area contributed by atoms with E-state index in [1.807, 2.05) is 0 Å². The number of alkyl halides is 3. The lowest BCUT2D eigenvalue weighted by atomic mass is 10.0. The van der Waals surface area contributed by atoms with Crippen LogP contribution in [0.3, 0.4) is 0 Å². The van der Waals surface area contributed by atoms with Crippen LogP contribution in [0.15, 0.2) is 48.5 Å². The van der Waals surface area contributed by atoms with Crippen molar-refractivity contribution in [2.75, 3.05) is 13.3 Å². The smallest absolute Gasteiger partial charge is 0.360 e. The lowest BCUT2D eigenvalue weighted by Crippen LogP contribution is -2.32. The summed E-state index contributed by atoms with van der Waals surface area (Å²) in [6, 6.07) is 11.7. The van der Waals surface area contributed by atoms with Crippen LogP contribution in [0, 0.1) is 0 Å². The van der Waals surface area contributed by atoms with E-state index >= 15 is 0 Å². The Morgan fingerprint density at radius 3 is 2.04 bits per heavy atom. The van der Waals surface area contributed by atoms with E-state index in [1.54, 1.807) is 24.3 Å². The molecule has 0 saturated carbocycles. The molecule has 2 amide bonds. The van der Waals surface area contributed by atoms with Gasteiger partial charge in [-0.05, 0) is 30.2 Å². The van der Waals surface area contributed by atoms with E-state index in [-0.39, 0.29) is 25.3 Å². The molecule has 0 saturated heterocycles. The second kappa shape index (κ2) is 6.68. The highest BCUT2D eigenvalue weighted by atomic mass is 19.4. The molecule has 0 N–H and O–H groups in total. The fourth-order valence-corrected chi connectivity index (χ4v) is 2.71. The van der Waals surface area contributed by atoms with E-state index in [0.29, 0.717) is 11.1 Å². The van der Waals surface area contributed by atoms with E-state index in [4.69, 9.17) is 4.74 Å². The molecule has 0 atom stereocenters. The van der Waals surface area contributed by atoms with Gasteiger partial charge >= 0.3 is 6.18 Å². The third-order valence-electron chi connectivity index (χ3n) is 3.94. The Morgan fingerprint density at radius 2 is 1.44 bits per heavy atom. The van der Waals surface area contributed by atoms with Gasteiger partial charge in [0.25, 0.3) is 11.8 Å². The minimum atomic E-state index is -4.43. The molecule has 2 aromatic carbocycles. The number of rotatable bonds is 5. The van der Waals surface area contributed by atoms with E-state index in [2.05, 4.69) is 0 Å². The van der Waals surface area contributed by atoms with Crippen LogP contribution in [0.25, 0.3) is 0 Å². The Hall–Kier alpha value is -2.67. The van der Waals surface area contributed by atoms with Crippen LogP contribution >= 0.6 is 0 Å². The van der Waals surface area contributed by atoms with Crippen molar-refractivity contribution >= 4 is 11.8 Å². The summed E-state index contributed by atoms with van der Waals surface area (Å²) >= 11 is 0. The number of nitrogens with zero attached hydrogens (tertiary/aromatic N) is 1. The minimum Gasteiger partial charge on any atom is -0.360 e. The SMILES string of the molecule is O=C1c2ccccc2C(=O)N1COCCc1ccccc1C(F)(F)F. The molecule has 7 heteroatoms. The third kappa shape index (κ3) is 3.41. The van der Waals surface area contributed by atoms with Gasteiger partial charge in [-0.2, -0.15) is 13.2 Å². The zero-order chi connectivity index (χ0) is 18.0. The predicted molar refractivity (Wildman–Crippen MR) is 82.9 cm³/mol. The van der Waals surface area contributed by atoms with Crippen LogP contribution in [0.2, 0.25) is 0 Å². The molecule has 1 aliphatic heterocycles. The number of fused-ring (bicyclic) bond motifs is 1. The Balaban J connectivity index is 1.59. The normalized spacial score (nSPS) is 14.1. The summed E-state index contributed by atoms with van der Waals surface area (Å²) in [7, 11) is 0. The van der Waals surface area contributed by atoms with Crippen molar-refractivity contribution in [3.8, 4) is 0 Å². The summed E-state index contributed by atoms with van der Waals surface area (Å²) in [6.07, 6.45) is -4.40. The lowest BCUT2D eigenvalue weighted by Gasteiger charge is -2.15. The van der Waals surface area contributed by atoms with Gasteiger partial charge in [0, 0.05) is 0 Å².